The highest BCUT2D eigenvalue weighted by molar-refractivity contribution is 5.85. The lowest BCUT2D eigenvalue weighted by atomic mass is 10.2. The van der Waals surface area contributed by atoms with E-state index in [1.807, 2.05) is 52.1 Å². The van der Waals surface area contributed by atoms with Gasteiger partial charge in [0.15, 0.2) is 23.9 Å². The van der Waals surface area contributed by atoms with E-state index in [0.29, 0.717) is 23.3 Å². The van der Waals surface area contributed by atoms with Crippen LogP contribution in [0.5, 0.6) is 11.5 Å². The summed E-state index contributed by atoms with van der Waals surface area (Å²) >= 11 is 0. The normalized spacial score (nSPS) is 11.1. The molecule has 2 aromatic carbocycles. The molecule has 33 heavy (non-hydrogen) atoms. The highest BCUT2D eigenvalue weighted by Crippen LogP contribution is 2.32. The van der Waals surface area contributed by atoms with Gasteiger partial charge in [-0.1, -0.05) is 0 Å². The first kappa shape index (κ1) is 22.1. The summed E-state index contributed by atoms with van der Waals surface area (Å²) < 4.78 is 12.8. The average molecular weight is 450 g/mol. The standard InChI is InChI=1S/C23H27N7O3/c1-13(2)24-21(31)12-33-19-9-6-15(10-20(19)32-5)22-26-23(30(4)29-22)25-16-7-8-18-17(11-16)14(3)27-28-18/h6-11,13H,12H2,1-5H3,(H,24,31)(H,27,28)(H,25,26,29). The summed E-state index contributed by atoms with van der Waals surface area (Å²) in [5, 5.41) is 18.9. The fourth-order valence-electron chi connectivity index (χ4n) is 3.39. The molecule has 2 aromatic heterocycles. The van der Waals surface area contributed by atoms with Gasteiger partial charge >= 0.3 is 0 Å². The number of carbonyl (C=O) groups excluding carboxylic acids is 1. The van der Waals surface area contributed by atoms with Crippen molar-refractivity contribution < 1.29 is 14.3 Å². The highest BCUT2D eigenvalue weighted by Gasteiger charge is 2.15. The summed E-state index contributed by atoms with van der Waals surface area (Å²) in [4.78, 5) is 16.5. The predicted molar refractivity (Wildman–Crippen MR) is 126 cm³/mol. The summed E-state index contributed by atoms with van der Waals surface area (Å²) in [5.41, 5.74) is 3.56. The van der Waals surface area contributed by atoms with Crippen molar-refractivity contribution in [1.82, 2.24) is 30.3 Å². The molecule has 4 rings (SSSR count). The Bertz CT molecular complexity index is 1290. The Kier molecular flexibility index (Phi) is 6.16. The first-order valence-corrected chi connectivity index (χ1v) is 10.6. The minimum atomic E-state index is -0.193. The Labute approximate surface area is 191 Å². The molecule has 1 amide bonds. The van der Waals surface area contributed by atoms with Gasteiger partial charge in [0.25, 0.3) is 5.91 Å². The minimum Gasteiger partial charge on any atom is -0.493 e. The lowest BCUT2D eigenvalue weighted by molar-refractivity contribution is -0.123. The summed E-state index contributed by atoms with van der Waals surface area (Å²) in [5.74, 6) is 1.89. The minimum absolute atomic E-state index is 0.0500. The molecule has 0 saturated carbocycles. The number of hydrogen-bond acceptors (Lipinski definition) is 7. The number of benzene rings is 2. The third kappa shape index (κ3) is 4.89. The van der Waals surface area contributed by atoms with Gasteiger partial charge in [-0.2, -0.15) is 10.1 Å². The lowest BCUT2D eigenvalue weighted by Crippen LogP contribution is -2.34. The summed E-state index contributed by atoms with van der Waals surface area (Å²) in [7, 11) is 3.37. The van der Waals surface area contributed by atoms with Gasteiger partial charge in [-0.3, -0.25) is 9.89 Å². The van der Waals surface area contributed by atoms with Crippen molar-refractivity contribution in [3.63, 3.8) is 0 Å². The SMILES string of the molecule is COc1cc(-c2nc(Nc3ccc4n[nH]c(C)c4c3)n(C)n2)ccc1OCC(=O)NC(C)C. The van der Waals surface area contributed by atoms with E-state index in [2.05, 4.69) is 30.9 Å². The fourth-order valence-corrected chi connectivity index (χ4v) is 3.39. The maximum Gasteiger partial charge on any atom is 0.258 e. The summed E-state index contributed by atoms with van der Waals surface area (Å²) in [6.07, 6.45) is 0. The van der Waals surface area contributed by atoms with Crippen molar-refractivity contribution in [3.05, 3.63) is 42.1 Å². The number of aryl methyl sites for hydroxylation is 2. The Hall–Kier alpha value is -4.08. The maximum absolute atomic E-state index is 11.9. The van der Waals surface area contributed by atoms with Crippen LogP contribution in [0.2, 0.25) is 0 Å². The number of aromatic amines is 1. The van der Waals surface area contributed by atoms with Crippen LogP contribution in [0.3, 0.4) is 0 Å². The third-order valence-corrected chi connectivity index (χ3v) is 4.99. The molecule has 0 aliphatic rings. The first-order valence-electron chi connectivity index (χ1n) is 10.6. The molecular weight excluding hydrogens is 422 g/mol. The fraction of sp³-hybridized carbons (Fsp3) is 0.304. The molecule has 0 radical (unpaired) electrons. The average Bonchev–Trinajstić information content (AvgIpc) is 3.34. The second kappa shape index (κ2) is 9.19. The van der Waals surface area contributed by atoms with Crippen LogP contribution in [-0.4, -0.2) is 50.6 Å². The number of rotatable bonds is 8. The van der Waals surface area contributed by atoms with Crippen LogP contribution in [-0.2, 0) is 11.8 Å². The zero-order valence-electron chi connectivity index (χ0n) is 19.3. The van der Waals surface area contributed by atoms with E-state index in [1.165, 1.54) is 0 Å². The van der Waals surface area contributed by atoms with E-state index < -0.39 is 0 Å². The zero-order chi connectivity index (χ0) is 23.5. The molecule has 0 saturated heterocycles. The van der Waals surface area contributed by atoms with E-state index in [0.717, 1.165) is 27.8 Å². The number of fused-ring (bicyclic) bond motifs is 1. The quantitative estimate of drug-likeness (QED) is 0.377. The number of nitrogens with zero attached hydrogens (tertiary/aromatic N) is 4. The molecular formula is C23H27N7O3. The van der Waals surface area contributed by atoms with Gasteiger partial charge in [0.2, 0.25) is 5.95 Å². The Morgan fingerprint density at radius 3 is 2.76 bits per heavy atom. The smallest absolute Gasteiger partial charge is 0.258 e. The van der Waals surface area contributed by atoms with Crippen LogP contribution in [0.25, 0.3) is 22.3 Å². The molecule has 2 heterocycles. The molecule has 0 aliphatic carbocycles. The van der Waals surface area contributed by atoms with Gasteiger partial charge in [-0.25, -0.2) is 4.68 Å². The largest absolute Gasteiger partial charge is 0.493 e. The molecule has 10 heteroatoms. The monoisotopic (exact) mass is 449 g/mol. The van der Waals surface area contributed by atoms with Crippen LogP contribution in [0.4, 0.5) is 11.6 Å². The molecule has 0 atom stereocenters. The molecule has 0 fully saturated rings. The molecule has 0 bridgehead atoms. The lowest BCUT2D eigenvalue weighted by Gasteiger charge is -2.12. The van der Waals surface area contributed by atoms with Gasteiger partial charge in [-0.05, 0) is 57.2 Å². The second-order valence-corrected chi connectivity index (χ2v) is 7.96. The highest BCUT2D eigenvalue weighted by atomic mass is 16.5. The molecule has 4 aromatic rings. The van der Waals surface area contributed by atoms with Crippen molar-refractivity contribution in [2.75, 3.05) is 19.0 Å². The van der Waals surface area contributed by atoms with Crippen molar-refractivity contribution in [2.24, 2.45) is 7.05 Å². The second-order valence-electron chi connectivity index (χ2n) is 7.96. The molecule has 0 unspecified atom stereocenters. The molecule has 0 aliphatic heterocycles. The van der Waals surface area contributed by atoms with E-state index >= 15 is 0 Å². The maximum atomic E-state index is 11.9. The molecule has 172 valence electrons. The van der Waals surface area contributed by atoms with Crippen LogP contribution in [0.15, 0.2) is 36.4 Å². The van der Waals surface area contributed by atoms with Crippen LogP contribution in [0, 0.1) is 6.92 Å². The van der Waals surface area contributed by atoms with Gasteiger partial charge in [-0.15, -0.1) is 5.10 Å². The molecule has 10 nitrogen and oxygen atoms in total. The van der Waals surface area contributed by atoms with Crippen LogP contribution >= 0.6 is 0 Å². The van der Waals surface area contributed by atoms with Crippen molar-refractivity contribution in [1.29, 1.82) is 0 Å². The van der Waals surface area contributed by atoms with Gasteiger partial charge in [0.05, 0.1) is 12.6 Å². The van der Waals surface area contributed by atoms with Gasteiger partial charge < -0.3 is 20.1 Å². The number of carbonyl (C=O) groups is 1. The van der Waals surface area contributed by atoms with Gasteiger partial charge in [0, 0.05) is 35.4 Å². The summed E-state index contributed by atoms with van der Waals surface area (Å²) in [6.45, 7) is 5.68. The molecule has 3 N–H and O–H groups in total. The number of nitrogens with one attached hydrogen (secondary N) is 3. The number of hydrogen-bond donors (Lipinski definition) is 3. The molecule has 0 spiro atoms. The third-order valence-electron chi connectivity index (χ3n) is 4.99. The van der Waals surface area contributed by atoms with Crippen LogP contribution < -0.4 is 20.1 Å². The number of H-pyrrole nitrogens is 1. The van der Waals surface area contributed by atoms with Gasteiger partial charge in [0.1, 0.15) is 0 Å². The number of aromatic nitrogens is 5. The Balaban J connectivity index is 1.52. The van der Waals surface area contributed by atoms with E-state index in [4.69, 9.17) is 9.47 Å². The Morgan fingerprint density at radius 2 is 2.00 bits per heavy atom. The first-order chi connectivity index (χ1) is 15.8. The topological polar surface area (TPSA) is 119 Å². The van der Waals surface area contributed by atoms with E-state index in [9.17, 15) is 4.79 Å². The number of methoxy groups -OCH3 is 1. The van der Waals surface area contributed by atoms with Crippen molar-refractivity contribution >= 4 is 28.4 Å². The van der Waals surface area contributed by atoms with Crippen molar-refractivity contribution in [3.8, 4) is 22.9 Å². The predicted octanol–water partition coefficient (Wildman–Crippen LogP) is 3.32. The van der Waals surface area contributed by atoms with E-state index in [-0.39, 0.29) is 18.6 Å². The summed E-state index contributed by atoms with van der Waals surface area (Å²) in [6, 6.07) is 11.3. The van der Waals surface area contributed by atoms with Crippen molar-refractivity contribution in [2.45, 2.75) is 26.8 Å². The number of amides is 1. The number of anilines is 2. The van der Waals surface area contributed by atoms with E-state index in [1.54, 1.807) is 23.9 Å². The van der Waals surface area contributed by atoms with Crippen LogP contribution in [0.1, 0.15) is 19.5 Å². The Morgan fingerprint density at radius 1 is 1.18 bits per heavy atom. The number of ether oxygens (including phenoxy) is 2. The zero-order valence-corrected chi connectivity index (χ0v) is 19.3.